The van der Waals surface area contributed by atoms with Crippen LogP contribution in [0.2, 0.25) is 0 Å². The van der Waals surface area contributed by atoms with E-state index in [9.17, 15) is 76.3 Å². The number of carbonyl (C=O) groups is 1. The molecule has 24 nitrogen and oxygen atoms in total. The standard InChI is InChI=1S/C66H123NO23/c1-3-5-7-9-11-13-15-17-18-19-20-21-22-23-24-26-28-30-32-34-36-38-50(73)67-44(45(72)37-35-33-31-29-27-25-16-14-12-10-8-6-4-2)43-83-63-57(80)54(77)60(48(41-70)86-63)88-65-58(81)55(78)61(49(42-71)87-65)89-66-59(82)62(52(75)47(40-69)85-66)90-64-56(79)53(76)51(74)46(39-68)84-64/h35,37,44-49,51-66,68-72,74-82H,3-34,36,38-43H2,1-2H3,(H,67,73)/b37-35+/t44-,45+,46?,47?,48?,49?,51-,52-,53-,54+,55+,56?,57?,58?,59?,60+,61-,62-,63+,64+,65-,66-/m0/s1. The van der Waals surface area contributed by atoms with Gasteiger partial charge in [-0.25, -0.2) is 0 Å². The molecule has 0 aromatic heterocycles. The molecular formula is C66H123NO23. The van der Waals surface area contributed by atoms with Crippen molar-refractivity contribution in [3.8, 4) is 0 Å². The van der Waals surface area contributed by atoms with Gasteiger partial charge in [-0.3, -0.25) is 4.79 Å². The maximum absolute atomic E-state index is 13.4. The SMILES string of the molecule is CCCCCCCCCCCCC/C=C/[C@@H](O)[C@H](CO[C@@H]1OC(CO)[C@@H](O[C@@H]2OC(CO)[C@H](O[C@@H]3OC(CO)[C@H](O)[C@H](O[C@H]4OC(CO)[C@H](O)[C@H](O)C4O)C3O)[C@H](O)C2O)[C@H](O)C1O)NC(=O)CCCCCCCCCCCCCCCCCCCCCCC. The molecule has 0 saturated carbocycles. The molecule has 24 heteroatoms. The van der Waals surface area contributed by atoms with Crippen LogP contribution in [0.4, 0.5) is 0 Å². The Kier molecular flexibility index (Phi) is 42.4. The Morgan fingerprint density at radius 2 is 0.722 bits per heavy atom. The number of allylic oxidation sites excluding steroid dienone is 1. The fourth-order valence-electron chi connectivity index (χ4n) is 12.4. The maximum atomic E-state index is 13.4. The van der Waals surface area contributed by atoms with Crippen molar-refractivity contribution in [2.75, 3.05) is 33.0 Å². The largest absolute Gasteiger partial charge is 0.394 e. The van der Waals surface area contributed by atoms with Gasteiger partial charge in [0.05, 0.1) is 45.2 Å². The fraction of sp³-hybridized carbons (Fsp3) is 0.955. The molecule has 0 aromatic carbocycles. The molecular weight excluding hydrogens is 1170 g/mol. The van der Waals surface area contributed by atoms with Crippen LogP contribution in [0.3, 0.4) is 0 Å². The average molecular weight is 1300 g/mol. The van der Waals surface area contributed by atoms with Gasteiger partial charge in [-0.2, -0.15) is 0 Å². The Morgan fingerprint density at radius 1 is 0.389 bits per heavy atom. The molecule has 4 aliphatic rings. The van der Waals surface area contributed by atoms with Gasteiger partial charge < -0.3 is 115 Å². The lowest BCUT2D eigenvalue weighted by atomic mass is 9.95. The highest BCUT2D eigenvalue weighted by Crippen LogP contribution is 2.35. The van der Waals surface area contributed by atoms with Crippen LogP contribution < -0.4 is 5.32 Å². The predicted molar refractivity (Wildman–Crippen MR) is 333 cm³/mol. The molecule has 22 atom stereocenters. The van der Waals surface area contributed by atoms with Crippen LogP contribution in [0.15, 0.2) is 12.2 Å². The molecule has 4 fully saturated rings. The zero-order valence-corrected chi connectivity index (χ0v) is 54.4. The zero-order chi connectivity index (χ0) is 65.6. The minimum absolute atomic E-state index is 0.222. The topological polar surface area (TPSA) is 386 Å². The van der Waals surface area contributed by atoms with Crippen LogP contribution in [0, 0.1) is 0 Å². The first-order valence-electron chi connectivity index (χ1n) is 35.0. The summed E-state index contributed by atoms with van der Waals surface area (Å²) in [6.45, 7) is 0.576. The number of hydrogen-bond donors (Lipinski definition) is 15. The monoisotopic (exact) mass is 1300 g/mol. The van der Waals surface area contributed by atoms with Crippen molar-refractivity contribution in [2.24, 2.45) is 0 Å². The van der Waals surface area contributed by atoms with Crippen molar-refractivity contribution < 1.29 is 114 Å². The number of nitrogens with one attached hydrogen (secondary N) is 1. The average Bonchev–Trinajstić information content (AvgIpc) is 0.951. The Bertz CT molecular complexity index is 1810. The highest BCUT2D eigenvalue weighted by atomic mass is 16.8. The molecule has 1 amide bonds. The van der Waals surface area contributed by atoms with Gasteiger partial charge in [-0.05, 0) is 19.3 Å². The van der Waals surface area contributed by atoms with Crippen LogP contribution in [-0.2, 0) is 42.7 Å². The smallest absolute Gasteiger partial charge is 0.220 e. The van der Waals surface area contributed by atoms with Gasteiger partial charge in [-0.15, -0.1) is 0 Å². The Hall–Kier alpha value is -1.67. The summed E-state index contributed by atoms with van der Waals surface area (Å²) in [7, 11) is 0. The highest BCUT2D eigenvalue weighted by molar-refractivity contribution is 5.76. The summed E-state index contributed by atoms with van der Waals surface area (Å²) in [6, 6.07) is -1.01. The molecule has 4 rings (SSSR count). The van der Waals surface area contributed by atoms with Gasteiger partial charge >= 0.3 is 0 Å². The first kappa shape index (κ1) is 80.8. The van der Waals surface area contributed by atoms with E-state index in [0.29, 0.717) is 6.42 Å². The zero-order valence-electron chi connectivity index (χ0n) is 54.4. The quantitative estimate of drug-likeness (QED) is 0.0302. The van der Waals surface area contributed by atoms with Gasteiger partial charge in [0.15, 0.2) is 25.2 Å². The molecule has 0 radical (unpaired) electrons. The lowest BCUT2D eigenvalue weighted by Gasteiger charge is -2.49. The molecule has 4 heterocycles. The minimum Gasteiger partial charge on any atom is -0.394 e. The third-order valence-electron chi connectivity index (χ3n) is 18.2. The van der Waals surface area contributed by atoms with Gasteiger partial charge in [0.1, 0.15) is 97.7 Å². The molecule has 4 aliphatic heterocycles. The number of amides is 1. The van der Waals surface area contributed by atoms with Crippen molar-refractivity contribution in [3.63, 3.8) is 0 Å². The number of hydrogen-bond acceptors (Lipinski definition) is 23. The van der Waals surface area contributed by atoms with Gasteiger partial charge in [0, 0.05) is 6.42 Å². The summed E-state index contributed by atoms with van der Waals surface area (Å²) in [5, 5.41) is 154. The van der Waals surface area contributed by atoms with Crippen LogP contribution in [0.1, 0.15) is 232 Å². The van der Waals surface area contributed by atoms with Crippen LogP contribution in [0.25, 0.3) is 0 Å². The molecule has 0 spiro atoms. The maximum Gasteiger partial charge on any atom is 0.220 e. The molecule has 530 valence electrons. The van der Waals surface area contributed by atoms with Gasteiger partial charge in [0.2, 0.25) is 5.91 Å². The number of carbonyl (C=O) groups excluding carboxylic acids is 1. The number of unbranched alkanes of at least 4 members (excludes halogenated alkanes) is 31. The van der Waals surface area contributed by atoms with E-state index in [4.69, 9.17) is 37.9 Å². The second-order valence-electron chi connectivity index (χ2n) is 25.7. The summed E-state index contributed by atoms with van der Waals surface area (Å²) in [4.78, 5) is 13.4. The normalized spacial score (nSPS) is 33.2. The van der Waals surface area contributed by atoms with Crippen molar-refractivity contribution in [2.45, 2.75) is 367 Å². The van der Waals surface area contributed by atoms with E-state index in [1.54, 1.807) is 6.08 Å². The molecule has 15 N–H and O–H groups in total. The Balaban J connectivity index is 1.27. The summed E-state index contributed by atoms with van der Waals surface area (Å²) in [6.07, 6.45) is 6.45. The van der Waals surface area contributed by atoms with Crippen molar-refractivity contribution in [1.29, 1.82) is 0 Å². The Morgan fingerprint density at radius 3 is 1.14 bits per heavy atom. The molecule has 8 unspecified atom stereocenters. The lowest BCUT2D eigenvalue weighted by Crippen LogP contribution is -2.67. The first-order valence-corrected chi connectivity index (χ1v) is 35.0. The van der Waals surface area contributed by atoms with E-state index in [1.165, 1.54) is 161 Å². The highest BCUT2D eigenvalue weighted by Gasteiger charge is 2.55. The second-order valence-corrected chi connectivity index (χ2v) is 25.7. The number of aliphatic hydroxyl groups is 14. The van der Waals surface area contributed by atoms with Gasteiger partial charge in [-0.1, -0.05) is 219 Å². The third-order valence-corrected chi connectivity index (χ3v) is 18.2. The molecule has 0 aromatic rings. The van der Waals surface area contributed by atoms with Crippen LogP contribution in [0.5, 0.6) is 0 Å². The summed E-state index contributed by atoms with van der Waals surface area (Å²) in [5.74, 6) is -0.297. The number of aliphatic hydroxyl groups excluding tert-OH is 14. The molecule has 90 heavy (non-hydrogen) atoms. The number of rotatable bonds is 50. The van der Waals surface area contributed by atoms with Crippen molar-refractivity contribution in [3.05, 3.63) is 12.2 Å². The summed E-state index contributed by atoms with van der Waals surface area (Å²) < 4.78 is 45.8. The molecule has 4 saturated heterocycles. The second kappa shape index (κ2) is 47.3. The van der Waals surface area contributed by atoms with Gasteiger partial charge in [0.25, 0.3) is 0 Å². The van der Waals surface area contributed by atoms with E-state index in [1.807, 2.05) is 6.08 Å². The minimum atomic E-state index is -2.08. The van der Waals surface area contributed by atoms with Crippen molar-refractivity contribution >= 4 is 5.91 Å². The van der Waals surface area contributed by atoms with Crippen LogP contribution in [-0.4, -0.2) is 245 Å². The third kappa shape index (κ3) is 28.2. The van der Waals surface area contributed by atoms with Crippen LogP contribution >= 0.6 is 0 Å². The fourth-order valence-corrected chi connectivity index (χ4v) is 12.4. The van der Waals surface area contributed by atoms with E-state index >= 15 is 0 Å². The predicted octanol–water partition coefficient (Wildman–Crippen LogP) is 3.98. The van der Waals surface area contributed by atoms with Crippen molar-refractivity contribution in [1.82, 2.24) is 5.32 Å². The lowest BCUT2D eigenvalue weighted by molar-refractivity contribution is -0.389. The molecule has 0 bridgehead atoms. The van der Waals surface area contributed by atoms with E-state index in [-0.39, 0.29) is 18.9 Å². The Labute approximate surface area is 535 Å². The first-order chi connectivity index (χ1) is 43.6. The molecule has 0 aliphatic carbocycles. The van der Waals surface area contributed by atoms with E-state index < -0.39 is 161 Å². The van der Waals surface area contributed by atoms with E-state index in [0.717, 1.165) is 44.9 Å². The van der Waals surface area contributed by atoms with E-state index in [2.05, 4.69) is 19.2 Å². The number of ether oxygens (including phenoxy) is 8. The summed E-state index contributed by atoms with van der Waals surface area (Å²) >= 11 is 0. The summed E-state index contributed by atoms with van der Waals surface area (Å²) in [5.41, 5.74) is 0.